The largest absolute Gasteiger partial charge is 0.366 e. The second-order valence-corrected chi connectivity index (χ2v) is 8.29. The summed E-state index contributed by atoms with van der Waals surface area (Å²) in [5.74, 6) is 0.570. The van der Waals surface area contributed by atoms with Gasteiger partial charge < -0.3 is 5.73 Å². The van der Waals surface area contributed by atoms with Gasteiger partial charge in [0.15, 0.2) is 0 Å². The second kappa shape index (κ2) is 6.61. The summed E-state index contributed by atoms with van der Waals surface area (Å²) < 4.78 is 2.07. The molecule has 2 aliphatic carbocycles. The van der Waals surface area contributed by atoms with Gasteiger partial charge in [-0.2, -0.15) is 5.10 Å². The Hall–Kier alpha value is -2.37. The molecule has 5 rings (SSSR count). The first-order chi connectivity index (χ1) is 13.5. The first-order valence-electron chi connectivity index (χ1n) is 9.37. The van der Waals surface area contributed by atoms with Gasteiger partial charge in [0.05, 0.1) is 32.7 Å². The molecule has 0 spiro atoms. The summed E-state index contributed by atoms with van der Waals surface area (Å²) in [6, 6.07) is 10.1. The quantitative estimate of drug-likeness (QED) is 0.633. The Morgan fingerprint density at radius 1 is 1.07 bits per heavy atom. The third-order valence-corrected chi connectivity index (χ3v) is 6.01. The number of nitrogens with two attached hydrogens (primary N) is 1. The molecule has 0 unspecified atom stereocenters. The Kier molecular flexibility index (Phi) is 4.18. The lowest BCUT2D eigenvalue weighted by Crippen LogP contribution is -2.13. The van der Waals surface area contributed by atoms with Crippen LogP contribution < -0.4 is 5.73 Å². The smallest absolute Gasteiger partial charge is 0.251 e. The van der Waals surface area contributed by atoms with Crippen molar-refractivity contribution >= 4 is 29.1 Å². The summed E-state index contributed by atoms with van der Waals surface area (Å²) in [6.07, 6.45) is 6.34. The predicted molar refractivity (Wildman–Crippen MR) is 109 cm³/mol. The van der Waals surface area contributed by atoms with Gasteiger partial charge in [0.25, 0.3) is 5.91 Å². The Labute approximate surface area is 172 Å². The molecule has 7 heteroatoms. The molecule has 0 saturated heterocycles. The van der Waals surface area contributed by atoms with Gasteiger partial charge in [0.2, 0.25) is 0 Å². The number of nitrogens with zero attached hydrogens (tertiary/aromatic N) is 3. The Bertz CT molecular complexity index is 1080. The molecule has 0 radical (unpaired) electrons. The highest BCUT2D eigenvalue weighted by molar-refractivity contribution is 6.40. The number of primary amides is 1. The van der Waals surface area contributed by atoms with Crippen molar-refractivity contribution in [3.63, 3.8) is 0 Å². The molecule has 2 fully saturated rings. The second-order valence-electron chi connectivity index (χ2n) is 7.51. The highest BCUT2D eigenvalue weighted by Crippen LogP contribution is 2.45. The van der Waals surface area contributed by atoms with Crippen LogP contribution in [-0.2, 0) is 0 Å². The van der Waals surface area contributed by atoms with Gasteiger partial charge in [-0.15, -0.1) is 0 Å². The van der Waals surface area contributed by atoms with Crippen LogP contribution in [0.25, 0.3) is 16.9 Å². The van der Waals surface area contributed by atoms with E-state index in [1.807, 2.05) is 24.3 Å². The minimum Gasteiger partial charge on any atom is -0.366 e. The summed E-state index contributed by atoms with van der Waals surface area (Å²) in [5.41, 5.74) is 10.3. The molecular formula is C21H18Cl2N4O. The van der Waals surface area contributed by atoms with Crippen molar-refractivity contribution in [1.29, 1.82) is 0 Å². The fourth-order valence-electron chi connectivity index (χ4n) is 3.52. The molecule has 0 atom stereocenters. The van der Waals surface area contributed by atoms with Gasteiger partial charge in [-0.1, -0.05) is 35.3 Å². The van der Waals surface area contributed by atoms with Crippen molar-refractivity contribution in [3.05, 3.63) is 63.5 Å². The van der Waals surface area contributed by atoms with Crippen LogP contribution in [0.4, 0.5) is 0 Å². The third kappa shape index (κ3) is 3.09. The number of aromatic nitrogens is 3. The van der Waals surface area contributed by atoms with Crippen LogP contribution in [0, 0.1) is 0 Å². The van der Waals surface area contributed by atoms with Gasteiger partial charge >= 0.3 is 0 Å². The molecule has 0 aliphatic heterocycles. The molecule has 2 N–H and O–H groups in total. The number of pyridine rings is 1. The van der Waals surface area contributed by atoms with Crippen LogP contribution in [0.5, 0.6) is 0 Å². The van der Waals surface area contributed by atoms with E-state index in [1.54, 1.807) is 0 Å². The normalized spacial score (nSPS) is 16.4. The molecule has 28 heavy (non-hydrogen) atoms. The topological polar surface area (TPSA) is 73.8 Å². The van der Waals surface area contributed by atoms with Crippen LogP contribution in [-0.4, -0.2) is 20.7 Å². The number of carbonyl (C=O) groups is 1. The van der Waals surface area contributed by atoms with Crippen LogP contribution in [0.3, 0.4) is 0 Å². The van der Waals surface area contributed by atoms with E-state index in [9.17, 15) is 4.79 Å². The number of rotatable bonds is 5. The van der Waals surface area contributed by atoms with Crippen molar-refractivity contribution in [1.82, 2.24) is 14.8 Å². The van der Waals surface area contributed by atoms with E-state index in [1.165, 1.54) is 43.3 Å². The molecule has 142 valence electrons. The maximum atomic E-state index is 11.6. The lowest BCUT2D eigenvalue weighted by Gasteiger charge is -2.10. The van der Waals surface area contributed by atoms with E-state index in [0.717, 1.165) is 11.3 Å². The monoisotopic (exact) mass is 412 g/mol. The number of carbonyl (C=O) groups excluding carboxylic acids is 1. The molecule has 3 aromatic rings. The molecule has 5 nitrogen and oxygen atoms in total. The zero-order valence-electron chi connectivity index (χ0n) is 15.0. The molecular weight excluding hydrogens is 395 g/mol. The van der Waals surface area contributed by atoms with E-state index >= 15 is 0 Å². The SMILES string of the molecule is NC(=O)c1c(Cl)cnc(-c2ccc(-n3nc(C4CC4)cc3C3CC3)cc2)c1Cl. The van der Waals surface area contributed by atoms with Gasteiger partial charge in [-0.25, -0.2) is 4.68 Å². The molecule has 0 bridgehead atoms. The number of halogens is 2. The van der Waals surface area contributed by atoms with Crippen molar-refractivity contribution in [2.24, 2.45) is 5.73 Å². The van der Waals surface area contributed by atoms with Gasteiger partial charge in [0.1, 0.15) is 0 Å². The summed E-state index contributed by atoms with van der Waals surface area (Å²) in [5, 5.41) is 5.19. The maximum Gasteiger partial charge on any atom is 0.251 e. The zero-order valence-corrected chi connectivity index (χ0v) is 16.5. The zero-order chi connectivity index (χ0) is 19.4. The van der Waals surface area contributed by atoms with Crippen molar-refractivity contribution in [2.45, 2.75) is 37.5 Å². The lowest BCUT2D eigenvalue weighted by molar-refractivity contribution is 0.100. The number of hydrogen-bond acceptors (Lipinski definition) is 3. The van der Waals surface area contributed by atoms with Gasteiger partial charge in [0, 0.05) is 29.3 Å². The molecule has 1 aromatic carbocycles. The Morgan fingerprint density at radius 2 is 1.75 bits per heavy atom. The summed E-state index contributed by atoms with van der Waals surface area (Å²) in [6.45, 7) is 0. The predicted octanol–water partition coefficient (Wildman–Crippen LogP) is 5.09. The Morgan fingerprint density at radius 3 is 2.36 bits per heavy atom. The molecule has 2 saturated carbocycles. The van der Waals surface area contributed by atoms with Crippen LogP contribution in [0.2, 0.25) is 10.0 Å². The highest BCUT2D eigenvalue weighted by Gasteiger charge is 2.33. The van der Waals surface area contributed by atoms with Crippen molar-refractivity contribution in [3.8, 4) is 16.9 Å². The third-order valence-electron chi connectivity index (χ3n) is 5.35. The first kappa shape index (κ1) is 17.7. The average molecular weight is 413 g/mol. The van der Waals surface area contributed by atoms with E-state index in [-0.39, 0.29) is 15.6 Å². The summed E-state index contributed by atoms with van der Waals surface area (Å²) in [4.78, 5) is 15.9. The van der Waals surface area contributed by atoms with E-state index in [4.69, 9.17) is 34.0 Å². The number of hydrogen-bond donors (Lipinski definition) is 1. The summed E-state index contributed by atoms with van der Waals surface area (Å²) >= 11 is 12.4. The van der Waals surface area contributed by atoms with Crippen LogP contribution in [0.15, 0.2) is 36.5 Å². The van der Waals surface area contributed by atoms with E-state index in [2.05, 4.69) is 15.7 Å². The van der Waals surface area contributed by atoms with Gasteiger partial charge in [-0.3, -0.25) is 9.78 Å². The highest BCUT2D eigenvalue weighted by atomic mass is 35.5. The van der Waals surface area contributed by atoms with E-state index in [0.29, 0.717) is 17.5 Å². The molecule has 2 aliphatic rings. The summed E-state index contributed by atoms with van der Waals surface area (Å²) in [7, 11) is 0. The van der Waals surface area contributed by atoms with Crippen LogP contribution in [0.1, 0.15) is 59.3 Å². The maximum absolute atomic E-state index is 11.6. The fourth-order valence-corrected chi connectivity index (χ4v) is 4.16. The number of amides is 1. The first-order valence-corrected chi connectivity index (χ1v) is 10.1. The standard InChI is InChI=1S/C21H18Cl2N4O/c22-15-10-25-20(19(23)18(15)21(24)28)13-5-7-14(8-6-13)27-17(12-3-4-12)9-16(26-27)11-1-2-11/h5-12H,1-4H2,(H2,24,28). The molecule has 2 heterocycles. The van der Waals surface area contributed by atoms with Crippen molar-refractivity contribution < 1.29 is 4.79 Å². The average Bonchev–Trinajstić information content (AvgIpc) is 3.60. The molecule has 2 aromatic heterocycles. The number of benzene rings is 1. The lowest BCUT2D eigenvalue weighted by atomic mass is 10.1. The van der Waals surface area contributed by atoms with Crippen molar-refractivity contribution in [2.75, 3.05) is 0 Å². The minimum atomic E-state index is -0.673. The Balaban J connectivity index is 1.52. The molecule has 1 amide bonds. The fraction of sp³-hybridized carbons (Fsp3) is 0.286. The van der Waals surface area contributed by atoms with Gasteiger partial charge in [-0.05, 0) is 43.9 Å². The van der Waals surface area contributed by atoms with E-state index < -0.39 is 5.91 Å². The van der Waals surface area contributed by atoms with Crippen LogP contribution >= 0.6 is 23.2 Å². The minimum absolute atomic E-state index is 0.0922.